The van der Waals surface area contributed by atoms with Crippen molar-refractivity contribution in [3.63, 3.8) is 0 Å². The minimum atomic E-state index is -0.311. The monoisotopic (exact) mass is 312 g/mol. The Morgan fingerprint density at radius 3 is 3.05 bits per heavy atom. The molecule has 0 spiro atoms. The first-order chi connectivity index (χ1) is 10.1. The molecule has 4 N–H and O–H groups in total. The van der Waals surface area contributed by atoms with Crippen molar-refractivity contribution in [2.75, 3.05) is 26.2 Å². The summed E-state index contributed by atoms with van der Waals surface area (Å²) in [6.07, 6.45) is -0.0627. The van der Waals surface area contributed by atoms with Crippen LogP contribution in [0.1, 0.15) is 16.6 Å². The molecule has 7 nitrogen and oxygen atoms in total. The number of hydrogen-bond acceptors (Lipinski definition) is 6. The highest BCUT2D eigenvalue weighted by atomic mass is 32.1. The molecule has 0 radical (unpaired) electrons. The van der Waals surface area contributed by atoms with Gasteiger partial charge >= 0.3 is 0 Å². The summed E-state index contributed by atoms with van der Waals surface area (Å²) in [6.45, 7) is 3.94. The number of carbonyl (C=O) groups is 2. The molecule has 0 bridgehead atoms. The van der Waals surface area contributed by atoms with Gasteiger partial charge in [-0.2, -0.15) is 0 Å². The fourth-order valence-corrected chi connectivity index (χ4v) is 2.65. The molecule has 2 atom stereocenters. The average Bonchev–Trinajstić information content (AvgIpc) is 2.99. The molecule has 0 saturated carbocycles. The van der Waals surface area contributed by atoms with Gasteiger partial charge in [-0.15, -0.1) is 11.3 Å². The summed E-state index contributed by atoms with van der Waals surface area (Å²) < 4.78 is 5.53. The molecule has 1 aliphatic heterocycles. The van der Waals surface area contributed by atoms with Gasteiger partial charge in [0.15, 0.2) is 0 Å². The van der Waals surface area contributed by atoms with Crippen molar-refractivity contribution < 1.29 is 14.3 Å². The van der Waals surface area contributed by atoms with Crippen LogP contribution < -0.4 is 16.6 Å². The van der Waals surface area contributed by atoms with E-state index < -0.39 is 0 Å². The Balaban J connectivity index is 1.73. The highest BCUT2D eigenvalue weighted by Gasteiger charge is 2.24. The number of rotatable bonds is 4. The van der Waals surface area contributed by atoms with E-state index in [2.05, 4.69) is 10.9 Å². The summed E-state index contributed by atoms with van der Waals surface area (Å²) in [5, 5.41) is 1.80. The van der Waals surface area contributed by atoms with E-state index in [1.807, 2.05) is 11.8 Å². The predicted molar refractivity (Wildman–Crippen MR) is 79.8 cm³/mol. The SMILES string of the molecule is CC(N)C1CN(CC(=O)NNC(=O)c2cccs2)CCO1. The Morgan fingerprint density at radius 2 is 2.38 bits per heavy atom. The fourth-order valence-electron chi connectivity index (χ4n) is 2.03. The van der Waals surface area contributed by atoms with Crippen LogP contribution >= 0.6 is 11.3 Å². The van der Waals surface area contributed by atoms with Gasteiger partial charge in [0, 0.05) is 19.1 Å². The van der Waals surface area contributed by atoms with Gasteiger partial charge in [0.1, 0.15) is 0 Å². The van der Waals surface area contributed by atoms with E-state index in [1.54, 1.807) is 17.5 Å². The van der Waals surface area contributed by atoms with E-state index in [-0.39, 0.29) is 30.5 Å². The van der Waals surface area contributed by atoms with E-state index in [1.165, 1.54) is 11.3 Å². The Kier molecular flexibility index (Phi) is 5.68. The minimum absolute atomic E-state index is 0.0627. The van der Waals surface area contributed by atoms with Crippen molar-refractivity contribution in [1.82, 2.24) is 15.8 Å². The number of carbonyl (C=O) groups excluding carboxylic acids is 2. The Bertz CT molecular complexity index is 478. The molecule has 2 amide bonds. The summed E-state index contributed by atoms with van der Waals surface area (Å²) >= 11 is 1.32. The van der Waals surface area contributed by atoms with E-state index in [0.29, 0.717) is 24.6 Å². The zero-order valence-electron chi connectivity index (χ0n) is 11.9. The molecule has 0 aliphatic carbocycles. The molecule has 0 aromatic carbocycles. The lowest BCUT2D eigenvalue weighted by atomic mass is 10.1. The maximum Gasteiger partial charge on any atom is 0.279 e. The van der Waals surface area contributed by atoms with Crippen molar-refractivity contribution in [2.24, 2.45) is 5.73 Å². The van der Waals surface area contributed by atoms with Crippen molar-refractivity contribution in [2.45, 2.75) is 19.1 Å². The third kappa shape index (κ3) is 4.78. The van der Waals surface area contributed by atoms with Gasteiger partial charge in [0.25, 0.3) is 11.8 Å². The number of morpholine rings is 1. The molecule has 1 aromatic rings. The highest BCUT2D eigenvalue weighted by molar-refractivity contribution is 7.12. The van der Waals surface area contributed by atoms with Gasteiger partial charge in [-0.1, -0.05) is 6.07 Å². The third-order valence-corrected chi connectivity index (χ3v) is 4.06. The Labute approximate surface area is 127 Å². The number of amides is 2. The summed E-state index contributed by atoms with van der Waals surface area (Å²) in [5.74, 6) is -0.570. The van der Waals surface area contributed by atoms with Crippen LogP contribution in [0.2, 0.25) is 0 Å². The third-order valence-electron chi connectivity index (χ3n) is 3.19. The molecule has 1 aliphatic rings. The van der Waals surface area contributed by atoms with Crippen LogP contribution in [0.4, 0.5) is 0 Å². The molecule has 2 rings (SSSR count). The quantitative estimate of drug-likeness (QED) is 0.655. The molecular weight excluding hydrogens is 292 g/mol. The van der Waals surface area contributed by atoms with E-state index in [4.69, 9.17) is 10.5 Å². The lowest BCUT2D eigenvalue weighted by Crippen LogP contribution is -2.53. The molecule has 2 heterocycles. The number of hydrazine groups is 1. The molecule has 116 valence electrons. The standard InChI is InChI=1S/C13H20N4O3S/c1-9(14)10-7-17(4-5-20-10)8-12(18)15-16-13(19)11-3-2-6-21-11/h2-3,6,9-10H,4-5,7-8,14H2,1H3,(H,15,18)(H,16,19). The second kappa shape index (κ2) is 7.51. The highest BCUT2D eigenvalue weighted by Crippen LogP contribution is 2.08. The molecular formula is C13H20N4O3S. The first-order valence-corrected chi connectivity index (χ1v) is 7.66. The zero-order valence-corrected chi connectivity index (χ0v) is 12.7. The van der Waals surface area contributed by atoms with Gasteiger partial charge < -0.3 is 10.5 Å². The van der Waals surface area contributed by atoms with Gasteiger partial charge in [0.05, 0.1) is 24.1 Å². The van der Waals surface area contributed by atoms with Crippen molar-refractivity contribution in [1.29, 1.82) is 0 Å². The molecule has 2 unspecified atom stereocenters. The van der Waals surface area contributed by atoms with E-state index in [0.717, 1.165) is 0 Å². The summed E-state index contributed by atoms with van der Waals surface area (Å²) in [7, 11) is 0. The molecule has 21 heavy (non-hydrogen) atoms. The maximum atomic E-state index is 11.8. The van der Waals surface area contributed by atoms with E-state index in [9.17, 15) is 9.59 Å². The average molecular weight is 312 g/mol. The molecule has 8 heteroatoms. The molecule has 1 saturated heterocycles. The summed E-state index contributed by atoms with van der Waals surface area (Å²) in [4.78, 5) is 26.0. The van der Waals surface area contributed by atoms with Crippen LogP contribution in [-0.2, 0) is 9.53 Å². The van der Waals surface area contributed by atoms with Crippen LogP contribution in [0.15, 0.2) is 17.5 Å². The van der Waals surface area contributed by atoms with Gasteiger partial charge in [-0.3, -0.25) is 25.3 Å². The van der Waals surface area contributed by atoms with Crippen LogP contribution in [0.25, 0.3) is 0 Å². The number of hydrogen-bond donors (Lipinski definition) is 3. The van der Waals surface area contributed by atoms with Gasteiger partial charge in [-0.25, -0.2) is 0 Å². The minimum Gasteiger partial charge on any atom is -0.374 e. The smallest absolute Gasteiger partial charge is 0.279 e. The summed E-state index contributed by atoms with van der Waals surface area (Å²) in [5.41, 5.74) is 10.6. The van der Waals surface area contributed by atoms with Crippen LogP contribution in [0.5, 0.6) is 0 Å². The van der Waals surface area contributed by atoms with Crippen molar-refractivity contribution in [3.8, 4) is 0 Å². The topological polar surface area (TPSA) is 96.7 Å². The normalized spacial score (nSPS) is 20.8. The number of thiophene rings is 1. The largest absolute Gasteiger partial charge is 0.374 e. The lowest BCUT2D eigenvalue weighted by Gasteiger charge is -2.34. The predicted octanol–water partition coefficient (Wildman–Crippen LogP) is -0.443. The van der Waals surface area contributed by atoms with Gasteiger partial charge in [-0.05, 0) is 18.4 Å². The first kappa shape index (κ1) is 15.9. The van der Waals surface area contributed by atoms with Gasteiger partial charge in [0.2, 0.25) is 0 Å². The van der Waals surface area contributed by atoms with E-state index >= 15 is 0 Å². The second-order valence-corrected chi connectivity index (χ2v) is 5.93. The number of nitrogens with one attached hydrogen (secondary N) is 2. The summed E-state index contributed by atoms with van der Waals surface area (Å²) in [6, 6.07) is 3.40. The fraction of sp³-hybridized carbons (Fsp3) is 0.538. The molecule has 1 aromatic heterocycles. The van der Waals surface area contributed by atoms with Crippen LogP contribution in [0, 0.1) is 0 Å². The number of nitrogens with two attached hydrogens (primary N) is 1. The zero-order chi connectivity index (χ0) is 15.2. The maximum absolute atomic E-state index is 11.8. The first-order valence-electron chi connectivity index (χ1n) is 6.78. The van der Waals surface area contributed by atoms with Crippen LogP contribution in [-0.4, -0.2) is 55.1 Å². The van der Waals surface area contributed by atoms with Crippen molar-refractivity contribution >= 4 is 23.2 Å². The number of nitrogens with zero attached hydrogens (tertiary/aromatic N) is 1. The second-order valence-electron chi connectivity index (χ2n) is 4.98. The Morgan fingerprint density at radius 1 is 1.57 bits per heavy atom. The molecule has 1 fully saturated rings. The van der Waals surface area contributed by atoms with Crippen molar-refractivity contribution in [3.05, 3.63) is 22.4 Å². The van der Waals surface area contributed by atoms with Crippen LogP contribution in [0.3, 0.4) is 0 Å². The number of ether oxygens (including phenoxy) is 1. The lowest BCUT2D eigenvalue weighted by molar-refractivity contribution is -0.125. The Hall–Kier alpha value is -1.48.